The van der Waals surface area contributed by atoms with Crippen LogP contribution < -0.4 is 4.72 Å². The number of aryl methyl sites for hydroxylation is 1. The average Bonchev–Trinajstić information content (AvgIpc) is 2.60. The number of nitrogens with zero attached hydrogens (tertiary/aromatic N) is 1. The number of morpholine rings is 1. The van der Waals surface area contributed by atoms with Gasteiger partial charge in [-0.25, -0.2) is 8.42 Å². The summed E-state index contributed by atoms with van der Waals surface area (Å²) >= 11 is 0. The number of amides is 1. The van der Waals surface area contributed by atoms with Gasteiger partial charge in [0.2, 0.25) is 15.9 Å². The van der Waals surface area contributed by atoms with Crippen LogP contribution in [0.4, 0.5) is 0 Å². The van der Waals surface area contributed by atoms with Crippen LogP contribution in [-0.2, 0) is 19.6 Å². The Labute approximate surface area is 157 Å². The second kappa shape index (κ2) is 8.97. The Morgan fingerprint density at radius 1 is 1.31 bits per heavy atom. The molecule has 1 aliphatic rings. The molecule has 0 bridgehead atoms. The number of hydrogen-bond acceptors (Lipinski definition) is 4. The van der Waals surface area contributed by atoms with Gasteiger partial charge in [0.15, 0.2) is 0 Å². The molecule has 1 aromatic rings. The SMILES string of the molecule is CCC1CN(C(=O)C(CC(C)C)NS(=O)(=O)c2ccc(C)cc2)CCO1. The van der Waals surface area contributed by atoms with E-state index in [1.54, 1.807) is 29.2 Å². The highest BCUT2D eigenvalue weighted by Gasteiger charge is 2.32. The van der Waals surface area contributed by atoms with Crippen molar-refractivity contribution < 1.29 is 17.9 Å². The van der Waals surface area contributed by atoms with Crippen LogP contribution >= 0.6 is 0 Å². The van der Waals surface area contributed by atoms with Gasteiger partial charge >= 0.3 is 0 Å². The number of carbonyl (C=O) groups excluding carboxylic acids is 1. The van der Waals surface area contributed by atoms with Gasteiger partial charge in [0, 0.05) is 13.1 Å². The van der Waals surface area contributed by atoms with Gasteiger partial charge < -0.3 is 9.64 Å². The third kappa shape index (κ3) is 5.53. The molecule has 0 radical (unpaired) electrons. The van der Waals surface area contributed by atoms with E-state index in [4.69, 9.17) is 4.74 Å². The molecule has 1 heterocycles. The predicted octanol–water partition coefficient (Wildman–Crippen LogP) is 2.33. The molecule has 1 aromatic carbocycles. The topological polar surface area (TPSA) is 75.7 Å². The van der Waals surface area contributed by atoms with Crippen LogP contribution in [0.25, 0.3) is 0 Å². The normalized spacial score (nSPS) is 19.6. The molecule has 0 spiro atoms. The van der Waals surface area contributed by atoms with E-state index in [1.807, 2.05) is 27.7 Å². The summed E-state index contributed by atoms with van der Waals surface area (Å²) < 4.78 is 33.7. The second-order valence-corrected chi connectivity index (χ2v) is 9.02. The minimum atomic E-state index is -3.75. The zero-order chi connectivity index (χ0) is 19.3. The first kappa shape index (κ1) is 20.9. The van der Waals surface area contributed by atoms with Gasteiger partial charge in [0.1, 0.15) is 6.04 Å². The third-order valence-electron chi connectivity index (χ3n) is 4.54. The fourth-order valence-electron chi connectivity index (χ4n) is 3.03. The highest BCUT2D eigenvalue weighted by Crippen LogP contribution is 2.17. The number of ether oxygens (including phenoxy) is 1. The molecule has 2 atom stereocenters. The standard InChI is InChI=1S/C19H30N2O4S/c1-5-16-13-21(10-11-25-16)19(22)18(12-14(2)3)20-26(23,24)17-8-6-15(4)7-9-17/h6-9,14,16,18,20H,5,10-13H2,1-4H3. The Morgan fingerprint density at radius 3 is 2.54 bits per heavy atom. The molecule has 0 aromatic heterocycles. The van der Waals surface area contributed by atoms with Crippen molar-refractivity contribution >= 4 is 15.9 Å². The lowest BCUT2D eigenvalue weighted by Gasteiger charge is -2.35. The van der Waals surface area contributed by atoms with Crippen molar-refractivity contribution in [3.8, 4) is 0 Å². The predicted molar refractivity (Wildman–Crippen MR) is 101 cm³/mol. The van der Waals surface area contributed by atoms with E-state index in [2.05, 4.69) is 4.72 Å². The first-order chi connectivity index (χ1) is 12.2. The van der Waals surface area contributed by atoms with E-state index in [1.165, 1.54) is 0 Å². The smallest absolute Gasteiger partial charge is 0.241 e. The second-order valence-electron chi connectivity index (χ2n) is 7.30. The molecule has 6 nitrogen and oxygen atoms in total. The zero-order valence-corrected chi connectivity index (χ0v) is 16.9. The maximum Gasteiger partial charge on any atom is 0.241 e. The summed E-state index contributed by atoms with van der Waals surface area (Å²) in [4.78, 5) is 14.9. The fourth-order valence-corrected chi connectivity index (χ4v) is 4.23. The lowest BCUT2D eigenvalue weighted by atomic mass is 10.0. The van der Waals surface area contributed by atoms with Crippen LogP contribution in [0.3, 0.4) is 0 Å². The lowest BCUT2D eigenvalue weighted by molar-refractivity contribution is -0.141. The monoisotopic (exact) mass is 382 g/mol. The Morgan fingerprint density at radius 2 is 1.96 bits per heavy atom. The van der Waals surface area contributed by atoms with Crippen LogP contribution in [0.1, 0.15) is 39.2 Å². The third-order valence-corrected chi connectivity index (χ3v) is 6.03. The summed E-state index contributed by atoms with van der Waals surface area (Å²) in [5, 5.41) is 0. The highest BCUT2D eigenvalue weighted by molar-refractivity contribution is 7.89. The van der Waals surface area contributed by atoms with Gasteiger partial charge in [-0.1, -0.05) is 38.5 Å². The van der Waals surface area contributed by atoms with Gasteiger partial charge in [-0.2, -0.15) is 4.72 Å². The minimum absolute atomic E-state index is 0.0149. The molecule has 0 saturated carbocycles. The highest BCUT2D eigenvalue weighted by atomic mass is 32.2. The zero-order valence-electron chi connectivity index (χ0n) is 16.1. The van der Waals surface area contributed by atoms with Crippen LogP contribution in [0.5, 0.6) is 0 Å². The summed E-state index contributed by atoms with van der Waals surface area (Å²) in [6, 6.07) is 5.87. The van der Waals surface area contributed by atoms with Gasteiger partial charge in [-0.3, -0.25) is 4.79 Å². The molecule has 146 valence electrons. The summed E-state index contributed by atoms with van der Waals surface area (Å²) in [6.45, 7) is 9.38. The van der Waals surface area contributed by atoms with E-state index < -0.39 is 16.1 Å². The van der Waals surface area contributed by atoms with E-state index in [9.17, 15) is 13.2 Å². The summed E-state index contributed by atoms with van der Waals surface area (Å²) in [6.07, 6.45) is 1.30. The number of hydrogen-bond donors (Lipinski definition) is 1. The molecular weight excluding hydrogens is 352 g/mol. The summed E-state index contributed by atoms with van der Waals surface area (Å²) in [7, 11) is -3.75. The number of sulfonamides is 1. The number of benzene rings is 1. The van der Waals surface area contributed by atoms with Gasteiger partial charge in [-0.05, 0) is 37.8 Å². The Bertz CT molecular complexity index is 701. The summed E-state index contributed by atoms with van der Waals surface area (Å²) in [5.74, 6) is 0.0174. The van der Waals surface area contributed by atoms with Crippen molar-refractivity contribution in [1.29, 1.82) is 0 Å². The van der Waals surface area contributed by atoms with Crippen molar-refractivity contribution in [2.75, 3.05) is 19.7 Å². The van der Waals surface area contributed by atoms with E-state index in [-0.39, 0.29) is 22.8 Å². The van der Waals surface area contributed by atoms with E-state index in [0.29, 0.717) is 26.1 Å². The fraction of sp³-hybridized carbons (Fsp3) is 0.632. The van der Waals surface area contributed by atoms with Crippen LogP contribution in [0.15, 0.2) is 29.2 Å². The average molecular weight is 383 g/mol. The van der Waals surface area contributed by atoms with Crippen molar-refractivity contribution in [3.05, 3.63) is 29.8 Å². The molecule has 0 aliphatic carbocycles. The molecular formula is C19H30N2O4S. The number of nitrogens with one attached hydrogen (secondary N) is 1. The molecule has 1 fully saturated rings. The molecule has 1 saturated heterocycles. The molecule has 26 heavy (non-hydrogen) atoms. The summed E-state index contributed by atoms with van der Waals surface area (Å²) in [5.41, 5.74) is 0.984. The lowest BCUT2D eigenvalue weighted by Crippen LogP contribution is -2.53. The van der Waals surface area contributed by atoms with Crippen LogP contribution in [-0.4, -0.2) is 51.1 Å². The van der Waals surface area contributed by atoms with E-state index in [0.717, 1.165) is 12.0 Å². The number of rotatable bonds is 7. The Balaban J connectivity index is 2.18. The van der Waals surface area contributed by atoms with Crippen molar-refractivity contribution in [2.24, 2.45) is 5.92 Å². The minimum Gasteiger partial charge on any atom is -0.375 e. The molecule has 1 N–H and O–H groups in total. The quantitative estimate of drug-likeness (QED) is 0.785. The molecule has 7 heteroatoms. The Kier molecular flexibility index (Phi) is 7.20. The molecule has 2 unspecified atom stereocenters. The Hall–Kier alpha value is -1.44. The molecule has 2 rings (SSSR count). The van der Waals surface area contributed by atoms with Crippen LogP contribution in [0.2, 0.25) is 0 Å². The van der Waals surface area contributed by atoms with Crippen molar-refractivity contribution in [3.63, 3.8) is 0 Å². The van der Waals surface area contributed by atoms with Crippen molar-refractivity contribution in [1.82, 2.24) is 9.62 Å². The van der Waals surface area contributed by atoms with Crippen molar-refractivity contribution in [2.45, 2.75) is 57.6 Å². The number of carbonyl (C=O) groups is 1. The maximum atomic E-state index is 13.0. The first-order valence-electron chi connectivity index (χ1n) is 9.22. The maximum absolute atomic E-state index is 13.0. The van der Waals surface area contributed by atoms with Crippen LogP contribution in [0, 0.1) is 12.8 Å². The largest absolute Gasteiger partial charge is 0.375 e. The molecule has 1 amide bonds. The van der Waals surface area contributed by atoms with Gasteiger partial charge in [0.05, 0.1) is 17.6 Å². The molecule has 1 aliphatic heterocycles. The van der Waals surface area contributed by atoms with E-state index >= 15 is 0 Å². The first-order valence-corrected chi connectivity index (χ1v) is 10.7. The van der Waals surface area contributed by atoms with Gasteiger partial charge in [-0.15, -0.1) is 0 Å². The van der Waals surface area contributed by atoms with Gasteiger partial charge in [0.25, 0.3) is 0 Å².